The number of carbonyl (C=O) groups is 1. The Balaban J connectivity index is 1.93. The van der Waals surface area contributed by atoms with E-state index in [-0.39, 0.29) is 5.91 Å². The van der Waals surface area contributed by atoms with E-state index in [4.69, 9.17) is 5.73 Å². The first kappa shape index (κ1) is 13.8. The van der Waals surface area contributed by atoms with Crippen LogP contribution < -0.4 is 11.1 Å². The summed E-state index contributed by atoms with van der Waals surface area (Å²) in [5, 5.41) is 7.11. The van der Waals surface area contributed by atoms with E-state index in [0.717, 1.165) is 11.1 Å². The summed E-state index contributed by atoms with van der Waals surface area (Å²) in [6.45, 7) is 3.12. The number of benzene rings is 1. The largest absolute Gasteiger partial charge is 0.352 e. The number of nitrogens with two attached hydrogens (primary N) is 1. The topological polar surface area (TPSA) is 55.1 Å². The zero-order valence-electron chi connectivity index (χ0n) is 11.0. The predicted molar refractivity (Wildman–Crippen MR) is 78.9 cm³/mol. The lowest BCUT2D eigenvalue weighted by atomic mass is 10.0. The molecule has 0 saturated heterocycles. The van der Waals surface area contributed by atoms with Crippen LogP contribution in [0, 0.1) is 6.92 Å². The maximum atomic E-state index is 11.9. The molecular weight excluding hydrogens is 256 g/mol. The lowest BCUT2D eigenvalue weighted by molar-refractivity contribution is -0.120. The molecule has 3 N–H and O–H groups in total. The monoisotopic (exact) mass is 274 g/mol. The van der Waals surface area contributed by atoms with Gasteiger partial charge in [0.1, 0.15) is 0 Å². The fraction of sp³-hybridized carbons (Fsp3) is 0.267. The molecule has 2 rings (SSSR count). The van der Waals surface area contributed by atoms with E-state index < -0.39 is 0 Å². The molecule has 19 heavy (non-hydrogen) atoms. The average molecular weight is 274 g/mol. The van der Waals surface area contributed by atoms with Crippen LogP contribution in [0.3, 0.4) is 0 Å². The number of nitrogens with one attached hydrogen (secondary N) is 1. The van der Waals surface area contributed by atoms with E-state index in [1.807, 2.05) is 24.3 Å². The highest BCUT2D eigenvalue weighted by Crippen LogP contribution is 2.13. The summed E-state index contributed by atoms with van der Waals surface area (Å²) in [4.78, 5) is 11.9. The number of aryl methyl sites for hydroxylation is 1. The van der Waals surface area contributed by atoms with Gasteiger partial charge in [-0.1, -0.05) is 24.3 Å². The molecule has 1 amide bonds. The first-order chi connectivity index (χ1) is 9.20. The minimum atomic E-state index is 0.0338. The van der Waals surface area contributed by atoms with Gasteiger partial charge in [0.2, 0.25) is 5.91 Å². The number of hydrogen-bond acceptors (Lipinski definition) is 3. The van der Waals surface area contributed by atoms with Gasteiger partial charge in [-0.25, -0.2) is 0 Å². The van der Waals surface area contributed by atoms with Crippen molar-refractivity contribution in [1.82, 2.24) is 5.32 Å². The van der Waals surface area contributed by atoms with Gasteiger partial charge in [0.15, 0.2) is 0 Å². The maximum absolute atomic E-state index is 11.9. The van der Waals surface area contributed by atoms with Gasteiger partial charge < -0.3 is 11.1 Å². The maximum Gasteiger partial charge on any atom is 0.224 e. The standard InChI is InChI=1S/C15H18N2OS/c1-11-9-19-10-14(11)8-17-15(18)6-12-4-2-3-5-13(12)7-16/h2-5,9-10H,6-8,16H2,1H3,(H,17,18). The first-order valence-corrected chi connectivity index (χ1v) is 7.20. The van der Waals surface area contributed by atoms with Crippen LogP contribution in [-0.2, 0) is 24.3 Å². The highest BCUT2D eigenvalue weighted by molar-refractivity contribution is 7.08. The van der Waals surface area contributed by atoms with Crippen LogP contribution in [0.25, 0.3) is 0 Å². The van der Waals surface area contributed by atoms with E-state index in [1.165, 1.54) is 11.1 Å². The molecule has 1 aromatic carbocycles. The third-order valence-electron chi connectivity index (χ3n) is 3.13. The molecule has 0 saturated carbocycles. The molecule has 0 aliphatic carbocycles. The Morgan fingerprint density at radius 1 is 1.21 bits per heavy atom. The Morgan fingerprint density at radius 3 is 2.58 bits per heavy atom. The normalized spacial score (nSPS) is 10.4. The minimum Gasteiger partial charge on any atom is -0.352 e. The Morgan fingerprint density at radius 2 is 1.95 bits per heavy atom. The van der Waals surface area contributed by atoms with Gasteiger partial charge in [-0.3, -0.25) is 4.79 Å². The quantitative estimate of drug-likeness (QED) is 0.879. The Hall–Kier alpha value is -1.65. The number of carbonyl (C=O) groups excluding carboxylic acids is 1. The number of rotatable bonds is 5. The van der Waals surface area contributed by atoms with Crippen LogP contribution >= 0.6 is 11.3 Å². The molecule has 0 aliphatic rings. The van der Waals surface area contributed by atoms with Gasteiger partial charge in [-0.2, -0.15) is 11.3 Å². The van der Waals surface area contributed by atoms with Crippen molar-refractivity contribution in [2.24, 2.45) is 5.73 Å². The lowest BCUT2D eigenvalue weighted by Gasteiger charge is -2.08. The van der Waals surface area contributed by atoms with Gasteiger partial charge >= 0.3 is 0 Å². The van der Waals surface area contributed by atoms with E-state index in [0.29, 0.717) is 19.5 Å². The molecule has 0 bridgehead atoms. The Labute approximate surface area is 117 Å². The van der Waals surface area contributed by atoms with Crippen molar-refractivity contribution in [2.75, 3.05) is 0 Å². The fourth-order valence-electron chi connectivity index (χ4n) is 1.93. The van der Waals surface area contributed by atoms with Crippen molar-refractivity contribution < 1.29 is 4.79 Å². The van der Waals surface area contributed by atoms with Gasteiger partial charge in [0.25, 0.3) is 0 Å². The van der Waals surface area contributed by atoms with E-state index in [9.17, 15) is 4.79 Å². The molecule has 1 heterocycles. The van der Waals surface area contributed by atoms with Crippen molar-refractivity contribution in [2.45, 2.75) is 26.4 Å². The van der Waals surface area contributed by atoms with Crippen molar-refractivity contribution in [3.8, 4) is 0 Å². The highest BCUT2D eigenvalue weighted by atomic mass is 32.1. The lowest BCUT2D eigenvalue weighted by Crippen LogP contribution is -2.25. The Bertz CT molecular complexity index is 563. The van der Waals surface area contributed by atoms with Crippen LogP contribution in [-0.4, -0.2) is 5.91 Å². The van der Waals surface area contributed by atoms with Crippen LogP contribution in [0.4, 0.5) is 0 Å². The third kappa shape index (κ3) is 3.66. The number of amides is 1. The summed E-state index contributed by atoms with van der Waals surface area (Å²) in [6, 6.07) is 7.80. The molecule has 3 nitrogen and oxygen atoms in total. The summed E-state index contributed by atoms with van der Waals surface area (Å²) < 4.78 is 0. The number of hydrogen-bond donors (Lipinski definition) is 2. The molecule has 0 unspecified atom stereocenters. The summed E-state index contributed by atoms with van der Waals surface area (Å²) in [5.41, 5.74) is 10.1. The molecule has 1 aromatic heterocycles. The van der Waals surface area contributed by atoms with Gasteiger partial charge in [0, 0.05) is 13.1 Å². The summed E-state index contributed by atoms with van der Waals surface area (Å²) in [6.07, 6.45) is 0.385. The smallest absolute Gasteiger partial charge is 0.224 e. The zero-order valence-corrected chi connectivity index (χ0v) is 11.8. The average Bonchev–Trinajstić information content (AvgIpc) is 2.82. The van der Waals surface area contributed by atoms with Gasteiger partial charge in [-0.15, -0.1) is 0 Å². The molecule has 0 spiro atoms. The minimum absolute atomic E-state index is 0.0338. The van der Waals surface area contributed by atoms with E-state index in [1.54, 1.807) is 11.3 Å². The third-order valence-corrected chi connectivity index (χ3v) is 4.04. The van der Waals surface area contributed by atoms with E-state index >= 15 is 0 Å². The molecular formula is C15H18N2OS. The van der Waals surface area contributed by atoms with Crippen LogP contribution in [0.5, 0.6) is 0 Å². The van der Waals surface area contributed by atoms with Crippen molar-refractivity contribution in [3.63, 3.8) is 0 Å². The Kier molecular flexibility index (Phi) is 4.71. The van der Waals surface area contributed by atoms with Crippen LogP contribution in [0.1, 0.15) is 22.3 Å². The molecule has 100 valence electrons. The second kappa shape index (κ2) is 6.50. The predicted octanol–water partition coefficient (Wildman–Crippen LogP) is 2.37. The molecule has 0 atom stereocenters. The van der Waals surface area contributed by atoms with E-state index in [2.05, 4.69) is 23.0 Å². The second-order valence-electron chi connectivity index (χ2n) is 4.51. The first-order valence-electron chi connectivity index (χ1n) is 6.26. The summed E-state index contributed by atoms with van der Waals surface area (Å²) >= 11 is 1.66. The highest BCUT2D eigenvalue weighted by Gasteiger charge is 2.07. The van der Waals surface area contributed by atoms with Crippen LogP contribution in [0.2, 0.25) is 0 Å². The van der Waals surface area contributed by atoms with Crippen molar-refractivity contribution in [1.29, 1.82) is 0 Å². The molecule has 4 heteroatoms. The molecule has 0 radical (unpaired) electrons. The SMILES string of the molecule is Cc1cscc1CNC(=O)Cc1ccccc1CN. The second-order valence-corrected chi connectivity index (χ2v) is 5.25. The van der Waals surface area contributed by atoms with Gasteiger partial charge in [0.05, 0.1) is 6.42 Å². The van der Waals surface area contributed by atoms with Crippen molar-refractivity contribution in [3.05, 3.63) is 57.3 Å². The zero-order chi connectivity index (χ0) is 13.7. The molecule has 2 aromatic rings. The number of thiophene rings is 1. The molecule has 0 fully saturated rings. The molecule has 0 aliphatic heterocycles. The van der Waals surface area contributed by atoms with Gasteiger partial charge in [-0.05, 0) is 39.9 Å². The summed E-state index contributed by atoms with van der Waals surface area (Å²) in [5.74, 6) is 0.0338. The van der Waals surface area contributed by atoms with Crippen molar-refractivity contribution >= 4 is 17.2 Å². The van der Waals surface area contributed by atoms with Crippen LogP contribution in [0.15, 0.2) is 35.0 Å². The summed E-state index contributed by atoms with van der Waals surface area (Å²) in [7, 11) is 0. The fourth-order valence-corrected chi connectivity index (χ4v) is 2.78.